The second-order valence-electron chi connectivity index (χ2n) is 5.54. The Morgan fingerprint density at radius 2 is 2.17 bits per heavy atom. The van der Waals surface area contributed by atoms with Gasteiger partial charge in [0.1, 0.15) is 23.8 Å². The smallest absolute Gasteiger partial charge is 0.280 e. The second kappa shape index (κ2) is 6.93. The highest BCUT2D eigenvalue weighted by molar-refractivity contribution is 6.30. The van der Waals surface area contributed by atoms with Crippen LogP contribution in [0.2, 0.25) is 5.02 Å². The predicted molar refractivity (Wildman–Crippen MR) is 92.9 cm³/mol. The Balaban J connectivity index is 1.63. The Kier molecular flexibility index (Phi) is 4.71. The minimum Gasteiger partial charge on any atom is -0.486 e. The van der Waals surface area contributed by atoms with Gasteiger partial charge in [0.05, 0.1) is 0 Å². The van der Waals surface area contributed by atoms with E-state index in [2.05, 4.69) is 10.5 Å². The van der Waals surface area contributed by atoms with Crippen LogP contribution in [0.5, 0.6) is 11.5 Å². The predicted octanol–water partition coefficient (Wildman–Crippen LogP) is 3.33. The zero-order chi connectivity index (χ0) is 17.1. The van der Waals surface area contributed by atoms with Crippen molar-refractivity contribution in [2.75, 3.05) is 6.61 Å². The highest BCUT2D eigenvalue weighted by Gasteiger charge is 2.20. The van der Waals surface area contributed by atoms with Crippen molar-refractivity contribution >= 4 is 23.2 Å². The van der Waals surface area contributed by atoms with E-state index in [1.807, 2.05) is 25.1 Å². The van der Waals surface area contributed by atoms with Gasteiger partial charge in [0, 0.05) is 10.6 Å². The number of nitrogens with one attached hydrogen (secondary N) is 1. The Labute approximate surface area is 145 Å². The van der Waals surface area contributed by atoms with Gasteiger partial charge in [-0.2, -0.15) is 5.10 Å². The number of ether oxygens (including phenoxy) is 2. The molecule has 124 valence electrons. The first-order valence-corrected chi connectivity index (χ1v) is 7.93. The van der Waals surface area contributed by atoms with E-state index in [0.29, 0.717) is 23.1 Å². The van der Waals surface area contributed by atoms with Gasteiger partial charge >= 0.3 is 0 Å². The van der Waals surface area contributed by atoms with Gasteiger partial charge in [-0.15, -0.1) is 0 Å². The van der Waals surface area contributed by atoms with Crippen molar-refractivity contribution in [2.45, 2.75) is 20.0 Å². The molecular formula is C18H17ClN2O3. The molecule has 0 radical (unpaired) electrons. The summed E-state index contributed by atoms with van der Waals surface area (Å²) in [7, 11) is 0. The fraction of sp³-hybridized carbons (Fsp3) is 0.222. The van der Waals surface area contributed by atoms with Gasteiger partial charge < -0.3 is 9.47 Å². The Morgan fingerprint density at radius 3 is 2.96 bits per heavy atom. The number of rotatable bonds is 4. The number of fused-ring (bicyclic) bond motifs is 1. The average molecular weight is 345 g/mol. The van der Waals surface area contributed by atoms with Crippen LogP contribution in [-0.2, 0) is 4.79 Å². The molecule has 1 unspecified atom stereocenters. The maximum atomic E-state index is 12.1. The molecule has 6 heteroatoms. The Hall–Kier alpha value is -2.53. The van der Waals surface area contributed by atoms with Gasteiger partial charge in [-0.3, -0.25) is 4.79 Å². The number of hydrogen-bond donors (Lipinski definition) is 1. The van der Waals surface area contributed by atoms with Crippen LogP contribution in [0.25, 0.3) is 0 Å². The molecule has 0 spiro atoms. The van der Waals surface area contributed by atoms with Crippen molar-refractivity contribution in [3.63, 3.8) is 0 Å². The maximum Gasteiger partial charge on any atom is 0.280 e. The third kappa shape index (κ3) is 3.68. The van der Waals surface area contributed by atoms with Crippen LogP contribution in [0.3, 0.4) is 0 Å². The number of nitrogens with zero attached hydrogens (tertiary/aromatic N) is 1. The van der Waals surface area contributed by atoms with Crippen molar-refractivity contribution in [3.05, 3.63) is 58.6 Å². The second-order valence-corrected chi connectivity index (χ2v) is 5.98. The minimum absolute atomic E-state index is 0.336. The molecule has 0 aliphatic carbocycles. The molecule has 1 aliphatic rings. The fourth-order valence-corrected chi connectivity index (χ4v) is 2.50. The van der Waals surface area contributed by atoms with E-state index in [9.17, 15) is 4.79 Å². The van der Waals surface area contributed by atoms with E-state index >= 15 is 0 Å². The topological polar surface area (TPSA) is 59.9 Å². The van der Waals surface area contributed by atoms with E-state index in [4.69, 9.17) is 21.1 Å². The summed E-state index contributed by atoms with van der Waals surface area (Å²) in [5.41, 5.74) is 5.22. The molecule has 24 heavy (non-hydrogen) atoms. The average Bonchev–Trinajstić information content (AvgIpc) is 2.94. The summed E-state index contributed by atoms with van der Waals surface area (Å²) in [4.78, 5) is 12.1. The van der Waals surface area contributed by atoms with E-state index in [1.165, 1.54) is 0 Å². The van der Waals surface area contributed by atoms with E-state index in [-0.39, 0.29) is 5.91 Å². The quantitative estimate of drug-likeness (QED) is 0.865. The van der Waals surface area contributed by atoms with Crippen LogP contribution >= 0.6 is 11.6 Å². The number of amides is 1. The number of carbonyl (C=O) groups excluding carboxylic acids is 1. The van der Waals surface area contributed by atoms with E-state index < -0.39 is 6.10 Å². The number of carbonyl (C=O) groups is 1. The van der Waals surface area contributed by atoms with Crippen LogP contribution in [0.4, 0.5) is 0 Å². The van der Waals surface area contributed by atoms with Crippen LogP contribution in [0.1, 0.15) is 18.1 Å². The number of hydrazone groups is 1. The van der Waals surface area contributed by atoms with E-state index in [0.717, 1.165) is 16.9 Å². The molecule has 1 amide bonds. The largest absolute Gasteiger partial charge is 0.486 e. The Bertz CT molecular complexity index is 805. The third-order valence-electron chi connectivity index (χ3n) is 3.59. The van der Waals surface area contributed by atoms with Gasteiger partial charge in [-0.1, -0.05) is 23.7 Å². The molecule has 1 N–H and O–H groups in total. The molecule has 0 saturated carbocycles. The summed E-state index contributed by atoms with van der Waals surface area (Å²) in [6, 6.07) is 12.8. The maximum absolute atomic E-state index is 12.1. The van der Waals surface area contributed by atoms with Crippen molar-refractivity contribution in [1.29, 1.82) is 0 Å². The number of aryl methyl sites for hydroxylation is 1. The first kappa shape index (κ1) is 16.3. The molecule has 0 saturated heterocycles. The van der Waals surface area contributed by atoms with Crippen LogP contribution in [-0.4, -0.2) is 24.3 Å². The van der Waals surface area contributed by atoms with Gasteiger partial charge in [-0.05, 0) is 49.7 Å². The number of halogens is 1. The lowest BCUT2D eigenvalue weighted by atomic mass is 10.1. The summed E-state index contributed by atoms with van der Waals surface area (Å²) in [6.45, 7) is 3.98. The zero-order valence-electron chi connectivity index (χ0n) is 13.4. The van der Waals surface area contributed by atoms with Crippen molar-refractivity contribution in [1.82, 2.24) is 5.43 Å². The number of hydrogen-bond acceptors (Lipinski definition) is 4. The van der Waals surface area contributed by atoms with Crippen molar-refractivity contribution in [2.24, 2.45) is 5.10 Å². The third-order valence-corrected chi connectivity index (χ3v) is 3.83. The summed E-state index contributed by atoms with van der Waals surface area (Å²) in [5.74, 6) is 0.970. The molecule has 2 aromatic carbocycles. The lowest BCUT2D eigenvalue weighted by Crippen LogP contribution is -2.34. The molecule has 0 bridgehead atoms. The first-order valence-electron chi connectivity index (χ1n) is 7.55. The highest BCUT2D eigenvalue weighted by atomic mass is 35.5. The van der Waals surface area contributed by atoms with Gasteiger partial charge in [-0.25, -0.2) is 5.43 Å². The highest BCUT2D eigenvalue weighted by Crippen LogP contribution is 2.26. The molecule has 0 aromatic heterocycles. The van der Waals surface area contributed by atoms with E-state index in [1.54, 1.807) is 31.2 Å². The number of benzene rings is 2. The molecule has 1 aliphatic heterocycles. The minimum atomic E-state index is -0.701. The fourth-order valence-electron chi connectivity index (χ4n) is 2.32. The molecule has 5 nitrogen and oxygen atoms in total. The lowest BCUT2D eigenvalue weighted by molar-refractivity contribution is -0.127. The SMILES string of the molecule is Cc1ccc2c(c1)OC/C2=N\NC(=O)C(C)Oc1cccc(Cl)c1. The van der Waals surface area contributed by atoms with Crippen molar-refractivity contribution in [3.8, 4) is 11.5 Å². The molecule has 2 aromatic rings. The normalized spacial score (nSPS) is 15.5. The summed E-state index contributed by atoms with van der Waals surface area (Å²) in [6.07, 6.45) is -0.701. The summed E-state index contributed by atoms with van der Waals surface area (Å²) < 4.78 is 11.1. The summed E-state index contributed by atoms with van der Waals surface area (Å²) in [5, 5.41) is 4.71. The van der Waals surface area contributed by atoms with Crippen molar-refractivity contribution < 1.29 is 14.3 Å². The first-order chi connectivity index (χ1) is 11.5. The Morgan fingerprint density at radius 1 is 1.33 bits per heavy atom. The standard InChI is InChI=1S/C18H17ClN2O3/c1-11-6-7-15-16(10-23-17(15)8-11)20-21-18(22)12(2)24-14-5-3-4-13(19)9-14/h3-9,12H,10H2,1-2H3,(H,21,22)/b20-16+. The lowest BCUT2D eigenvalue weighted by Gasteiger charge is -2.13. The van der Waals surface area contributed by atoms with Crippen LogP contribution < -0.4 is 14.9 Å². The van der Waals surface area contributed by atoms with Gasteiger partial charge in [0.25, 0.3) is 5.91 Å². The molecule has 3 rings (SSSR count). The monoisotopic (exact) mass is 344 g/mol. The summed E-state index contributed by atoms with van der Waals surface area (Å²) >= 11 is 5.90. The molecule has 1 heterocycles. The van der Waals surface area contributed by atoms with Crippen LogP contribution in [0, 0.1) is 6.92 Å². The van der Waals surface area contributed by atoms with Gasteiger partial charge in [0.2, 0.25) is 0 Å². The van der Waals surface area contributed by atoms with Crippen LogP contribution in [0.15, 0.2) is 47.6 Å². The van der Waals surface area contributed by atoms with Gasteiger partial charge in [0.15, 0.2) is 6.10 Å². The molecule has 1 atom stereocenters. The molecular weight excluding hydrogens is 328 g/mol. The molecule has 0 fully saturated rings. The zero-order valence-corrected chi connectivity index (χ0v) is 14.1.